The van der Waals surface area contributed by atoms with Gasteiger partial charge in [0, 0.05) is 23.3 Å². The minimum atomic E-state index is 0.357. The fourth-order valence-corrected chi connectivity index (χ4v) is 4.41. The molecule has 0 aromatic heterocycles. The fraction of sp³-hybridized carbons (Fsp3) is 0.562. The second kappa shape index (κ2) is 5.66. The fourth-order valence-electron chi connectivity index (χ4n) is 3.54. The molecule has 3 rings (SSSR count). The first-order valence-corrected chi connectivity index (χ1v) is 8.15. The maximum Gasteiger partial charge on any atom is 0.223 e. The molecule has 1 amide bonds. The van der Waals surface area contributed by atoms with E-state index in [2.05, 4.69) is 33.0 Å². The highest BCUT2D eigenvalue weighted by Gasteiger charge is 2.41. The predicted molar refractivity (Wildman–Crippen MR) is 80.4 cm³/mol. The number of piperidine rings is 1. The second-order valence-corrected chi connectivity index (χ2v) is 7.04. The van der Waals surface area contributed by atoms with E-state index in [0.717, 1.165) is 19.3 Å². The van der Waals surface area contributed by atoms with Crippen molar-refractivity contribution in [1.29, 1.82) is 0 Å². The maximum absolute atomic E-state index is 12.4. The third-order valence-electron chi connectivity index (χ3n) is 4.43. The topological polar surface area (TPSA) is 20.3 Å². The van der Waals surface area contributed by atoms with Crippen LogP contribution in [0.25, 0.3) is 0 Å². The van der Waals surface area contributed by atoms with Crippen molar-refractivity contribution in [2.75, 3.05) is 0 Å². The standard InChI is InChI=1S/C16H20BrNO/c17-13-10-14-7-8-15(11-13)18(14)16(19)9-6-12-4-2-1-3-5-12/h1-5,13-15H,6-11H2. The molecule has 2 fully saturated rings. The number of carbonyl (C=O) groups is 1. The first-order chi connectivity index (χ1) is 9.24. The Hall–Kier alpha value is -0.830. The van der Waals surface area contributed by atoms with Gasteiger partial charge in [-0.15, -0.1) is 0 Å². The van der Waals surface area contributed by atoms with Gasteiger partial charge in [-0.2, -0.15) is 0 Å². The molecule has 0 aliphatic carbocycles. The Morgan fingerprint density at radius 1 is 1.16 bits per heavy atom. The zero-order valence-corrected chi connectivity index (χ0v) is 12.7. The van der Waals surface area contributed by atoms with Gasteiger partial charge in [0.2, 0.25) is 5.91 Å². The number of benzene rings is 1. The Morgan fingerprint density at radius 3 is 2.42 bits per heavy atom. The van der Waals surface area contributed by atoms with Crippen LogP contribution in [0.4, 0.5) is 0 Å². The van der Waals surface area contributed by atoms with E-state index in [1.807, 2.05) is 18.2 Å². The van der Waals surface area contributed by atoms with Crippen LogP contribution in [0.5, 0.6) is 0 Å². The van der Waals surface area contributed by atoms with Gasteiger partial charge in [0.1, 0.15) is 0 Å². The van der Waals surface area contributed by atoms with Gasteiger partial charge in [-0.1, -0.05) is 46.3 Å². The average molecular weight is 322 g/mol. The van der Waals surface area contributed by atoms with Crippen LogP contribution >= 0.6 is 15.9 Å². The van der Waals surface area contributed by atoms with E-state index >= 15 is 0 Å². The van der Waals surface area contributed by atoms with Crippen LogP contribution in [0.2, 0.25) is 0 Å². The molecule has 19 heavy (non-hydrogen) atoms. The van der Waals surface area contributed by atoms with Crippen molar-refractivity contribution in [1.82, 2.24) is 4.90 Å². The van der Waals surface area contributed by atoms with Crippen LogP contribution in [0, 0.1) is 0 Å². The summed E-state index contributed by atoms with van der Waals surface area (Å²) in [7, 11) is 0. The van der Waals surface area contributed by atoms with Crippen LogP contribution in [0.3, 0.4) is 0 Å². The monoisotopic (exact) mass is 321 g/mol. The quantitative estimate of drug-likeness (QED) is 0.780. The molecular weight excluding hydrogens is 302 g/mol. The van der Waals surface area contributed by atoms with Crippen molar-refractivity contribution >= 4 is 21.8 Å². The molecule has 2 aliphatic heterocycles. The van der Waals surface area contributed by atoms with Crippen molar-refractivity contribution < 1.29 is 4.79 Å². The third-order valence-corrected chi connectivity index (χ3v) is 5.18. The van der Waals surface area contributed by atoms with E-state index in [1.165, 1.54) is 18.4 Å². The van der Waals surface area contributed by atoms with E-state index < -0.39 is 0 Å². The molecule has 2 unspecified atom stereocenters. The second-order valence-electron chi connectivity index (χ2n) is 5.74. The Labute approximate surface area is 123 Å². The Morgan fingerprint density at radius 2 is 1.79 bits per heavy atom. The molecule has 2 saturated heterocycles. The SMILES string of the molecule is O=C(CCc1ccccc1)N1C2CCC1CC(Br)C2. The summed E-state index contributed by atoms with van der Waals surface area (Å²) >= 11 is 3.72. The van der Waals surface area contributed by atoms with Crippen LogP contribution in [-0.2, 0) is 11.2 Å². The first kappa shape index (κ1) is 13.2. The lowest BCUT2D eigenvalue weighted by atomic mass is 10.0. The van der Waals surface area contributed by atoms with Gasteiger partial charge in [-0.05, 0) is 37.7 Å². The normalized spacial score (nSPS) is 29.5. The molecule has 0 spiro atoms. The van der Waals surface area contributed by atoms with Gasteiger partial charge in [0.05, 0.1) is 0 Å². The molecule has 2 bridgehead atoms. The molecule has 0 radical (unpaired) electrons. The molecule has 3 heteroatoms. The van der Waals surface area contributed by atoms with E-state index in [4.69, 9.17) is 0 Å². The van der Waals surface area contributed by atoms with Gasteiger partial charge < -0.3 is 4.90 Å². The number of nitrogens with zero attached hydrogens (tertiary/aromatic N) is 1. The number of hydrogen-bond donors (Lipinski definition) is 0. The lowest BCUT2D eigenvalue weighted by Crippen LogP contribution is -2.46. The smallest absolute Gasteiger partial charge is 0.223 e. The van der Waals surface area contributed by atoms with E-state index in [9.17, 15) is 4.79 Å². The lowest BCUT2D eigenvalue weighted by Gasteiger charge is -2.37. The van der Waals surface area contributed by atoms with Gasteiger partial charge in [-0.3, -0.25) is 4.79 Å². The van der Waals surface area contributed by atoms with Crippen LogP contribution in [0.15, 0.2) is 30.3 Å². The molecule has 0 N–H and O–H groups in total. The van der Waals surface area contributed by atoms with Gasteiger partial charge in [-0.25, -0.2) is 0 Å². The Bertz CT molecular complexity index is 433. The molecule has 102 valence electrons. The van der Waals surface area contributed by atoms with E-state index in [1.54, 1.807) is 0 Å². The Kier molecular flexibility index (Phi) is 3.92. The summed E-state index contributed by atoms with van der Waals surface area (Å²) in [5.74, 6) is 0.357. The minimum absolute atomic E-state index is 0.357. The number of carbonyl (C=O) groups excluding carboxylic acids is 1. The van der Waals surface area contributed by atoms with Crippen molar-refractivity contribution in [2.45, 2.75) is 55.4 Å². The summed E-state index contributed by atoms with van der Waals surface area (Å²) in [4.78, 5) is 15.3. The van der Waals surface area contributed by atoms with Crippen LogP contribution in [0.1, 0.15) is 37.7 Å². The molecule has 1 aromatic carbocycles. The highest BCUT2D eigenvalue weighted by atomic mass is 79.9. The van der Waals surface area contributed by atoms with E-state index in [-0.39, 0.29) is 0 Å². The van der Waals surface area contributed by atoms with Crippen molar-refractivity contribution in [2.24, 2.45) is 0 Å². The summed E-state index contributed by atoms with van der Waals surface area (Å²) in [5.41, 5.74) is 1.26. The van der Waals surface area contributed by atoms with E-state index in [0.29, 0.717) is 29.2 Å². The molecule has 2 atom stereocenters. The summed E-state index contributed by atoms with van der Waals surface area (Å²) < 4.78 is 0. The highest BCUT2D eigenvalue weighted by Crippen LogP contribution is 2.38. The number of fused-ring (bicyclic) bond motifs is 2. The molecule has 2 nitrogen and oxygen atoms in total. The summed E-state index contributed by atoms with van der Waals surface area (Å²) in [6.07, 6.45) is 6.19. The lowest BCUT2D eigenvalue weighted by molar-refractivity contribution is -0.135. The summed E-state index contributed by atoms with van der Waals surface area (Å²) in [5, 5.41) is 0. The predicted octanol–water partition coefficient (Wildman–Crippen LogP) is 3.54. The number of hydrogen-bond acceptors (Lipinski definition) is 1. The zero-order chi connectivity index (χ0) is 13.2. The highest BCUT2D eigenvalue weighted by molar-refractivity contribution is 9.09. The number of halogens is 1. The first-order valence-electron chi connectivity index (χ1n) is 7.23. The number of rotatable bonds is 3. The zero-order valence-electron chi connectivity index (χ0n) is 11.1. The third kappa shape index (κ3) is 2.86. The summed E-state index contributed by atoms with van der Waals surface area (Å²) in [6.45, 7) is 0. The van der Waals surface area contributed by atoms with Crippen molar-refractivity contribution in [3.05, 3.63) is 35.9 Å². The van der Waals surface area contributed by atoms with Gasteiger partial charge >= 0.3 is 0 Å². The Balaban J connectivity index is 1.59. The largest absolute Gasteiger partial charge is 0.337 e. The number of aryl methyl sites for hydroxylation is 1. The van der Waals surface area contributed by atoms with Gasteiger partial charge in [0.15, 0.2) is 0 Å². The van der Waals surface area contributed by atoms with Crippen LogP contribution < -0.4 is 0 Å². The number of alkyl halides is 1. The van der Waals surface area contributed by atoms with Crippen molar-refractivity contribution in [3.8, 4) is 0 Å². The molecular formula is C16H20BrNO. The van der Waals surface area contributed by atoms with Gasteiger partial charge in [0.25, 0.3) is 0 Å². The minimum Gasteiger partial charge on any atom is -0.337 e. The molecule has 2 heterocycles. The molecule has 0 saturated carbocycles. The molecule has 1 aromatic rings. The number of amides is 1. The van der Waals surface area contributed by atoms with Crippen molar-refractivity contribution in [3.63, 3.8) is 0 Å². The maximum atomic E-state index is 12.4. The van der Waals surface area contributed by atoms with Crippen LogP contribution in [-0.4, -0.2) is 27.7 Å². The molecule has 2 aliphatic rings. The summed E-state index contributed by atoms with van der Waals surface area (Å²) in [6, 6.07) is 11.3. The average Bonchev–Trinajstić information content (AvgIpc) is 2.70.